The highest BCUT2D eigenvalue weighted by Crippen LogP contribution is 2.39. The highest BCUT2D eigenvalue weighted by molar-refractivity contribution is 5.61. The summed E-state index contributed by atoms with van der Waals surface area (Å²) in [6, 6.07) is 66.7. The number of rotatable bonds is 4. The zero-order chi connectivity index (χ0) is 56.9. The van der Waals surface area contributed by atoms with Crippen LogP contribution in [-0.4, -0.2) is 39.9 Å². The van der Waals surface area contributed by atoms with Crippen molar-refractivity contribution in [1.82, 2.24) is 39.9 Å². The summed E-state index contributed by atoms with van der Waals surface area (Å²) in [5, 5.41) is 0. The van der Waals surface area contributed by atoms with E-state index in [4.69, 9.17) is 77.8 Å². The topological polar surface area (TPSA) is 177 Å². The van der Waals surface area contributed by atoms with Crippen molar-refractivity contribution in [3.05, 3.63) is 241 Å². The maximum absolute atomic E-state index is 6.57. The summed E-state index contributed by atoms with van der Waals surface area (Å²) in [5.74, 6) is 6.59. The van der Waals surface area contributed by atoms with Crippen molar-refractivity contribution in [2.24, 2.45) is 0 Å². The predicted molar refractivity (Wildman–Crippen MR) is 315 cm³/mol. The standard InChI is InChI=1S/C68H48N8O8/c1-41-25-49-33-50(26-41)78-58-38-60(72-66(70-58)46-19-11-6-12-20-46)80-52-28-43(3)30-54(35-52)82-62-40-64(76-68(74-62)48-23-15-8-16-24-48)84-56-32-44(4)31-55(36-56)83-63-39-61(73-67(75-63)47-21-13-7-14-22-47)81-53-29-42(2)27-51(34-53)79-59-37-57(77-49)69-65(71-59)45-17-9-5-10-18-45/h5-40H,1-4H3. The number of aromatic nitrogens is 8. The molecule has 13 rings (SSSR count). The fraction of sp³-hybridized carbons (Fsp3) is 0.0588. The Bertz CT molecular complexity index is 3660. The van der Waals surface area contributed by atoms with Gasteiger partial charge in [-0.15, -0.1) is 0 Å². The minimum absolute atomic E-state index is 0.210. The molecular weight excluding hydrogens is 1060 g/mol. The Balaban J connectivity index is 0.931. The normalized spacial score (nSPS) is 11.9. The lowest BCUT2D eigenvalue weighted by atomic mass is 10.2. The van der Waals surface area contributed by atoms with E-state index in [0.717, 1.165) is 44.5 Å². The first-order valence-corrected chi connectivity index (χ1v) is 26.7. The van der Waals surface area contributed by atoms with Gasteiger partial charge in [0.2, 0.25) is 47.0 Å². The van der Waals surface area contributed by atoms with Crippen LogP contribution in [0.1, 0.15) is 22.3 Å². The molecule has 0 fully saturated rings. The van der Waals surface area contributed by atoms with E-state index in [1.165, 1.54) is 0 Å². The summed E-state index contributed by atoms with van der Waals surface area (Å²) >= 11 is 0. The minimum atomic E-state index is 0.210. The zero-order valence-electron chi connectivity index (χ0n) is 45.6. The van der Waals surface area contributed by atoms with E-state index in [9.17, 15) is 0 Å². The van der Waals surface area contributed by atoms with E-state index < -0.39 is 0 Å². The Morgan fingerprint density at radius 1 is 0.190 bits per heavy atom. The van der Waals surface area contributed by atoms with Crippen LogP contribution in [-0.2, 0) is 0 Å². The third-order valence-corrected chi connectivity index (χ3v) is 12.7. The molecular formula is C68H48N8O8. The van der Waals surface area contributed by atoms with Crippen LogP contribution < -0.4 is 37.9 Å². The summed E-state index contributed by atoms with van der Waals surface area (Å²) in [4.78, 5) is 38.7. The molecule has 16 nitrogen and oxygen atoms in total. The van der Waals surface area contributed by atoms with Crippen LogP contribution >= 0.6 is 0 Å². The maximum atomic E-state index is 6.57. The van der Waals surface area contributed by atoms with Gasteiger partial charge in [-0.25, -0.2) is 0 Å². The lowest BCUT2D eigenvalue weighted by Gasteiger charge is -2.15. The van der Waals surface area contributed by atoms with Gasteiger partial charge in [0.05, 0.1) is 24.3 Å². The lowest BCUT2D eigenvalue weighted by Crippen LogP contribution is -2.00. The largest absolute Gasteiger partial charge is 0.439 e. The molecule has 84 heavy (non-hydrogen) atoms. The summed E-state index contributed by atoms with van der Waals surface area (Å²) in [7, 11) is 0. The number of aryl methyl sites for hydroxylation is 4. The number of hydrogen-bond acceptors (Lipinski definition) is 16. The first-order valence-electron chi connectivity index (χ1n) is 26.7. The van der Waals surface area contributed by atoms with Gasteiger partial charge >= 0.3 is 0 Å². The van der Waals surface area contributed by atoms with Gasteiger partial charge in [-0.05, 0) is 98.5 Å². The van der Waals surface area contributed by atoms with Crippen molar-refractivity contribution in [2.75, 3.05) is 0 Å². The third kappa shape index (κ3) is 12.6. The Morgan fingerprint density at radius 3 is 0.500 bits per heavy atom. The Kier molecular flexibility index (Phi) is 14.2. The molecule has 0 amide bonds. The Morgan fingerprint density at radius 2 is 0.345 bits per heavy atom. The van der Waals surface area contributed by atoms with E-state index in [0.29, 0.717) is 69.3 Å². The van der Waals surface area contributed by atoms with Crippen LogP contribution in [0, 0.1) is 27.7 Å². The van der Waals surface area contributed by atoms with Crippen molar-refractivity contribution in [2.45, 2.75) is 27.7 Å². The van der Waals surface area contributed by atoms with Gasteiger partial charge in [0.25, 0.3) is 0 Å². The highest BCUT2D eigenvalue weighted by atomic mass is 16.5. The van der Waals surface area contributed by atoms with Crippen molar-refractivity contribution < 1.29 is 37.9 Å². The van der Waals surface area contributed by atoms with Gasteiger partial charge in [0.15, 0.2) is 23.3 Å². The molecule has 0 saturated carbocycles. The fourth-order valence-electron chi connectivity index (χ4n) is 9.19. The Hall–Kier alpha value is -11.5. The second kappa shape index (κ2) is 22.9. The Labute approximate surface area is 482 Å². The van der Waals surface area contributed by atoms with Crippen LogP contribution in [0.25, 0.3) is 45.6 Å². The minimum Gasteiger partial charge on any atom is -0.439 e. The average molecular weight is 1110 g/mol. The van der Waals surface area contributed by atoms with Gasteiger partial charge < -0.3 is 37.9 Å². The second-order valence-corrected chi connectivity index (χ2v) is 19.7. The number of fused-ring (bicyclic) bond motifs is 16. The lowest BCUT2D eigenvalue weighted by molar-refractivity contribution is 0.416. The van der Waals surface area contributed by atoms with Crippen LogP contribution in [0.2, 0.25) is 0 Å². The van der Waals surface area contributed by atoms with Crippen LogP contribution in [0.4, 0.5) is 0 Å². The molecule has 0 saturated heterocycles. The van der Waals surface area contributed by atoms with Crippen molar-refractivity contribution in [3.8, 4) is 139 Å². The summed E-state index contributed by atoms with van der Waals surface area (Å²) in [5.41, 5.74) is 6.32. The molecule has 0 radical (unpaired) electrons. The monoisotopic (exact) mass is 1100 g/mol. The SMILES string of the molecule is Cc1cc2cc(c1)Oc1cc(nc(-c3ccccc3)n1)Oc1cc(C)cc(c1)Oc1cc(nc(-c3ccccc3)n1)Oc1cc(C)cc(c1)Oc1cc(nc(-c3ccccc3)n1)Oc1cc(C)cc(c1)Oc1cc(nc(-c3ccccc3)n1)O2. The third-order valence-electron chi connectivity index (χ3n) is 12.7. The molecule has 0 N–H and O–H groups in total. The molecule has 16 bridgehead atoms. The van der Waals surface area contributed by atoms with Gasteiger partial charge in [0, 0.05) is 46.5 Å². The number of nitrogens with zero attached hydrogens (tertiary/aromatic N) is 8. The van der Waals surface area contributed by atoms with Gasteiger partial charge in [-0.2, -0.15) is 39.9 Å². The zero-order valence-corrected chi connectivity index (χ0v) is 45.6. The number of hydrogen-bond donors (Lipinski definition) is 0. The predicted octanol–water partition coefficient (Wildman–Crippen LogP) is 17.4. The van der Waals surface area contributed by atoms with Crippen LogP contribution in [0.15, 0.2) is 218 Å². The van der Waals surface area contributed by atoms with Crippen molar-refractivity contribution in [3.63, 3.8) is 0 Å². The molecule has 0 unspecified atom stereocenters. The molecule has 0 aliphatic carbocycles. The smallest absolute Gasteiger partial charge is 0.226 e. The van der Waals surface area contributed by atoms with Gasteiger partial charge in [-0.1, -0.05) is 121 Å². The molecule has 16 heteroatoms. The second-order valence-electron chi connectivity index (χ2n) is 19.7. The fourth-order valence-corrected chi connectivity index (χ4v) is 9.19. The van der Waals surface area contributed by atoms with Gasteiger partial charge in [-0.3, -0.25) is 0 Å². The van der Waals surface area contributed by atoms with E-state index in [2.05, 4.69) is 0 Å². The van der Waals surface area contributed by atoms with E-state index in [1.807, 2.05) is 198 Å². The average Bonchev–Trinajstić information content (AvgIpc) is 3.54. The molecule has 8 aromatic carbocycles. The van der Waals surface area contributed by atoms with E-state index in [1.54, 1.807) is 48.5 Å². The highest BCUT2D eigenvalue weighted by Gasteiger charge is 2.19. The number of benzene rings is 8. The van der Waals surface area contributed by atoms with Crippen LogP contribution in [0.3, 0.4) is 0 Å². The first-order chi connectivity index (χ1) is 41.0. The van der Waals surface area contributed by atoms with E-state index >= 15 is 0 Å². The molecule has 0 spiro atoms. The molecule has 4 aromatic heterocycles. The van der Waals surface area contributed by atoms with E-state index in [-0.39, 0.29) is 47.0 Å². The molecule has 5 heterocycles. The molecule has 0 atom stereocenters. The molecule has 408 valence electrons. The van der Waals surface area contributed by atoms with Gasteiger partial charge in [0.1, 0.15) is 46.0 Å². The van der Waals surface area contributed by atoms with Crippen molar-refractivity contribution >= 4 is 0 Å². The first kappa shape index (κ1) is 51.9. The summed E-state index contributed by atoms with van der Waals surface area (Å²) in [6.07, 6.45) is 0. The molecule has 1 aliphatic heterocycles. The van der Waals surface area contributed by atoms with Crippen LogP contribution in [0.5, 0.6) is 93.0 Å². The quantitative estimate of drug-likeness (QED) is 0.162. The molecule has 12 aromatic rings. The molecule has 1 aliphatic rings. The summed E-state index contributed by atoms with van der Waals surface area (Å²) in [6.45, 7) is 7.74. The summed E-state index contributed by atoms with van der Waals surface area (Å²) < 4.78 is 52.5. The van der Waals surface area contributed by atoms with Crippen molar-refractivity contribution in [1.29, 1.82) is 0 Å². The maximum Gasteiger partial charge on any atom is 0.226 e. The number of ether oxygens (including phenoxy) is 8.